The third-order valence-corrected chi connectivity index (χ3v) is 2.94. The highest BCUT2D eigenvalue weighted by Gasteiger charge is 2.12. The van der Waals surface area contributed by atoms with Crippen LogP contribution in [0.4, 0.5) is 0 Å². The SMILES string of the molecule is CC(C)[C@H](CO)NCCN[C@H](CO)C(C)C. The normalized spacial score (nSPS) is 15.8. The zero-order valence-electron chi connectivity index (χ0n) is 11.0. The molecule has 0 unspecified atom stereocenters. The molecule has 0 amide bonds. The average Bonchev–Trinajstić information content (AvgIpc) is 2.22. The van der Waals surface area contributed by atoms with Gasteiger partial charge < -0.3 is 20.8 Å². The van der Waals surface area contributed by atoms with Gasteiger partial charge in [0.2, 0.25) is 0 Å². The number of hydrogen-bond donors (Lipinski definition) is 4. The van der Waals surface area contributed by atoms with Crippen molar-refractivity contribution in [3.63, 3.8) is 0 Å². The molecule has 0 bridgehead atoms. The van der Waals surface area contributed by atoms with Gasteiger partial charge >= 0.3 is 0 Å². The Balaban J connectivity index is 3.65. The van der Waals surface area contributed by atoms with Crippen LogP contribution in [0.3, 0.4) is 0 Å². The minimum absolute atomic E-state index is 0.161. The minimum atomic E-state index is 0.161. The maximum atomic E-state index is 9.12. The lowest BCUT2D eigenvalue weighted by molar-refractivity contribution is 0.200. The average molecular weight is 232 g/mol. The van der Waals surface area contributed by atoms with Gasteiger partial charge in [-0.15, -0.1) is 0 Å². The van der Waals surface area contributed by atoms with Gasteiger partial charge in [-0.1, -0.05) is 27.7 Å². The van der Waals surface area contributed by atoms with Crippen molar-refractivity contribution >= 4 is 0 Å². The molecule has 4 N–H and O–H groups in total. The number of aliphatic hydroxyl groups is 2. The molecule has 0 aliphatic carbocycles. The topological polar surface area (TPSA) is 64.5 Å². The Kier molecular flexibility index (Phi) is 8.84. The summed E-state index contributed by atoms with van der Waals surface area (Å²) in [4.78, 5) is 0. The van der Waals surface area contributed by atoms with Crippen LogP contribution in [-0.4, -0.2) is 48.6 Å². The third-order valence-electron chi connectivity index (χ3n) is 2.94. The highest BCUT2D eigenvalue weighted by atomic mass is 16.3. The molecule has 0 heterocycles. The summed E-state index contributed by atoms with van der Waals surface area (Å²) in [5.74, 6) is 0.868. The summed E-state index contributed by atoms with van der Waals surface area (Å²) in [5.41, 5.74) is 0. The van der Waals surface area contributed by atoms with E-state index in [1.165, 1.54) is 0 Å². The first-order valence-electron chi connectivity index (χ1n) is 6.21. The van der Waals surface area contributed by atoms with Gasteiger partial charge in [-0.05, 0) is 11.8 Å². The predicted molar refractivity (Wildman–Crippen MR) is 67.4 cm³/mol. The quantitative estimate of drug-likeness (QED) is 0.429. The fraction of sp³-hybridized carbons (Fsp3) is 1.00. The van der Waals surface area contributed by atoms with E-state index in [0.29, 0.717) is 11.8 Å². The monoisotopic (exact) mass is 232 g/mol. The molecule has 0 spiro atoms. The lowest BCUT2D eigenvalue weighted by atomic mass is 10.1. The molecule has 0 aliphatic heterocycles. The third kappa shape index (κ3) is 6.43. The van der Waals surface area contributed by atoms with Crippen LogP contribution in [0.1, 0.15) is 27.7 Å². The van der Waals surface area contributed by atoms with Crippen molar-refractivity contribution in [2.75, 3.05) is 26.3 Å². The van der Waals surface area contributed by atoms with Crippen molar-refractivity contribution in [3.8, 4) is 0 Å². The van der Waals surface area contributed by atoms with Gasteiger partial charge in [0, 0.05) is 25.2 Å². The largest absolute Gasteiger partial charge is 0.395 e. The number of aliphatic hydroxyl groups excluding tert-OH is 2. The van der Waals surface area contributed by atoms with Crippen LogP contribution in [0.2, 0.25) is 0 Å². The summed E-state index contributed by atoms with van der Waals surface area (Å²) in [6.45, 7) is 10.3. The van der Waals surface area contributed by atoms with Crippen LogP contribution in [0.15, 0.2) is 0 Å². The van der Waals surface area contributed by atoms with Gasteiger partial charge in [0.05, 0.1) is 13.2 Å². The van der Waals surface area contributed by atoms with Gasteiger partial charge in [-0.2, -0.15) is 0 Å². The second kappa shape index (κ2) is 8.93. The Bertz CT molecular complexity index is 145. The molecule has 0 saturated heterocycles. The molecule has 0 aromatic carbocycles. The molecular weight excluding hydrogens is 204 g/mol. The van der Waals surface area contributed by atoms with Gasteiger partial charge in [0.1, 0.15) is 0 Å². The number of hydrogen-bond acceptors (Lipinski definition) is 4. The van der Waals surface area contributed by atoms with E-state index in [4.69, 9.17) is 10.2 Å². The second-order valence-corrected chi connectivity index (χ2v) is 4.97. The predicted octanol–water partition coefficient (Wildman–Crippen LogP) is 0.199. The fourth-order valence-electron chi connectivity index (χ4n) is 1.54. The maximum absolute atomic E-state index is 9.12. The summed E-state index contributed by atoms with van der Waals surface area (Å²) in [6.07, 6.45) is 0. The first-order valence-corrected chi connectivity index (χ1v) is 6.21. The summed E-state index contributed by atoms with van der Waals surface area (Å²) >= 11 is 0. The number of rotatable bonds is 9. The smallest absolute Gasteiger partial charge is 0.0587 e. The Labute approximate surface area is 99.4 Å². The molecule has 0 aromatic rings. The molecule has 0 aliphatic rings. The van der Waals surface area contributed by atoms with E-state index in [2.05, 4.69) is 38.3 Å². The van der Waals surface area contributed by atoms with Crippen LogP contribution < -0.4 is 10.6 Å². The minimum Gasteiger partial charge on any atom is -0.395 e. The van der Waals surface area contributed by atoms with Crippen LogP contribution in [0.5, 0.6) is 0 Å². The van der Waals surface area contributed by atoms with Crippen molar-refractivity contribution in [1.82, 2.24) is 10.6 Å². The van der Waals surface area contributed by atoms with Gasteiger partial charge in [0.25, 0.3) is 0 Å². The van der Waals surface area contributed by atoms with Gasteiger partial charge in [-0.25, -0.2) is 0 Å². The Hall–Kier alpha value is -0.160. The zero-order valence-corrected chi connectivity index (χ0v) is 11.0. The lowest BCUT2D eigenvalue weighted by Gasteiger charge is -2.23. The molecule has 0 radical (unpaired) electrons. The summed E-state index contributed by atoms with van der Waals surface area (Å²) in [5, 5.41) is 24.8. The zero-order chi connectivity index (χ0) is 12.6. The Morgan fingerprint density at radius 3 is 1.25 bits per heavy atom. The van der Waals surface area contributed by atoms with E-state index in [0.717, 1.165) is 13.1 Å². The van der Waals surface area contributed by atoms with E-state index in [9.17, 15) is 0 Å². The van der Waals surface area contributed by atoms with Crippen molar-refractivity contribution < 1.29 is 10.2 Å². The van der Waals surface area contributed by atoms with Crippen molar-refractivity contribution in [2.45, 2.75) is 39.8 Å². The van der Waals surface area contributed by atoms with Gasteiger partial charge in [-0.3, -0.25) is 0 Å². The van der Waals surface area contributed by atoms with Crippen LogP contribution in [0, 0.1) is 11.8 Å². The maximum Gasteiger partial charge on any atom is 0.0587 e. The van der Waals surface area contributed by atoms with E-state index in [1.54, 1.807) is 0 Å². The fourth-order valence-corrected chi connectivity index (χ4v) is 1.54. The van der Waals surface area contributed by atoms with Crippen molar-refractivity contribution in [2.24, 2.45) is 11.8 Å². The summed E-state index contributed by atoms with van der Waals surface area (Å²) in [6, 6.07) is 0.321. The Morgan fingerprint density at radius 2 is 1.06 bits per heavy atom. The highest BCUT2D eigenvalue weighted by Crippen LogP contribution is 2.00. The second-order valence-electron chi connectivity index (χ2n) is 4.97. The highest BCUT2D eigenvalue weighted by molar-refractivity contribution is 4.72. The molecule has 16 heavy (non-hydrogen) atoms. The van der Waals surface area contributed by atoms with Crippen molar-refractivity contribution in [3.05, 3.63) is 0 Å². The van der Waals surface area contributed by atoms with E-state index in [1.807, 2.05) is 0 Å². The molecule has 98 valence electrons. The van der Waals surface area contributed by atoms with Crippen LogP contribution in [0.25, 0.3) is 0 Å². The molecule has 4 heteroatoms. The van der Waals surface area contributed by atoms with Crippen molar-refractivity contribution in [1.29, 1.82) is 0 Å². The van der Waals surface area contributed by atoms with Crippen LogP contribution in [-0.2, 0) is 0 Å². The first kappa shape index (κ1) is 15.8. The molecule has 0 rings (SSSR count). The number of nitrogens with one attached hydrogen (secondary N) is 2. The van der Waals surface area contributed by atoms with E-state index in [-0.39, 0.29) is 25.3 Å². The van der Waals surface area contributed by atoms with E-state index >= 15 is 0 Å². The van der Waals surface area contributed by atoms with Gasteiger partial charge in [0.15, 0.2) is 0 Å². The molecule has 0 saturated carbocycles. The molecule has 0 fully saturated rings. The summed E-state index contributed by atoms with van der Waals surface area (Å²) in [7, 11) is 0. The Morgan fingerprint density at radius 1 is 0.750 bits per heavy atom. The van der Waals surface area contributed by atoms with Crippen LogP contribution >= 0.6 is 0 Å². The van der Waals surface area contributed by atoms with E-state index < -0.39 is 0 Å². The summed E-state index contributed by atoms with van der Waals surface area (Å²) < 4.78 is 0. The molecule has 2 atom stereocenters. The molecule has 0 aromatic heterocycles. The lowest BCUT2D eigenvalue weighted by Crippen LogP contribution is -2.44. The standard InChI is InChI=1S/C12H28N2O2/c1-9(2)11(7-15)13-5-6-14-12(8-16)10(3)4/h9-16H,5-8H2,1-4H3/t11-,12+. The first-order chi connectivity index (χ1) is 7.52. The molecular formula is C12H28N2O2. The molecule has 4 nitrogen and oxygen atoms in total.